The van der Waals surface area contributed by atoms with Gasteiger partial charge in [-0.05, 0) is 55.0 Å². The first-order valence-corrected chi connectivity index (χ1v) is 26.4. The van der Waals surface area contributed by atoms with Gasteiger partial charge in [-0.15, -0.1) is 0 Å². The smallest absolute Gasteiger partial charge is 0.429 e. The Morgan fingerprint density at radius 3 is 1.57 bits per heavy atom. The number of likely N-dealkylation sites (N-methyl/N-ethyl adjacent to an activating group) is 1. The topological polar surface area (TPSA) is 354 Å². The molecule has 0 saturated carbocycles. The van der Waals surface area contributed by atoms with Crippen molar-refractivity contribution in [3.8, 4) is 5.75 Å². The van der Waals surface area contributed by atoms with E-state index in [1.807, 2.05) is 0 Å². The highest BCUT2D eigenvalue weighted by Gasteiger charge is 2.29. The van der Waals surface area contributed by atoms with Gasteiger partial charge in [-0.3, -0.25) is 34.1 Å². The number of nitrogens with zero attached hydrogens (tertiary/aromatic N) is 2. The number of nitrogens with one attached hydrogen (secondary N) is 5. The number of rotatable bonds is 47. The van der Waals surface area contributed by atoms with Gasteiger partial charge in [-0.2, -0.15) is 0 Å². The molecular formula is C52H82N8O20. The summed E-state index contributed by atoms with van der Waals surface area (Å²) in [5, 5.41) is 23.7. The van der Waals surface area contributed by atoms with Gasteiger partial charge in [0.1, 0.15) is 24.4 Å². The van der Waals surface area contributed by atoms with Gasteiger partial charge in [0.25, 0.3) is 5.69 Å². The number of non-ortho nitro benzene ring substituents is 1. The molecule has 28 heteroatoms. The summed E-state index contributed by atoms with van der Waals surface area (Å²) in [5.41, 5.74) is 5.91. The van der Waals surface area contributed by atoms with Crippen molar-refractivity contribution in [3.05, 3.63) is 64.2 Å². The summed E-state index contributed by atoms with van der Waals surface area (Å²) in [6, 6.07) is 8.09. The lowest BCUT2D eigenvalue weighted by molar-refractivity contribution is -0.384. The third kappa shape index (κ3) is 35.1. The van der Waals surface area contributed by atoms with Crippen LogP contribution in [0.25, 0.3) is 0 Å². The van der Waals surface area contributed by atoms with E-state index in [9.17, 15) is 43.7 Å². The Morgan fingerprint density at radius 2 is 1.11 bits per heavy atom. The van der Waals surface area contributed by atoms with E-state index in [2.05, 4.69) is 33.5 Å². The number of benzene rings is 2. The first-order valence-electron chi connectivity index (χ1n) is 26.4. The van der Waals surface area contributed by atoms with E-state index in [0.717, 1.165) is 17.9 Å². The number of hydrogen-bond donors (Lipinski definition) is 6. The monoisotopic (exact) mass is 1140 g/mol. The van der Waals surface area contributed by atoms with Gasteiger partial charge in [0, 0.05) is 44.4 Å². The average Bonchev–Trinajstić information content (AvgIpc) is 3.42. The second-order valence-electron chi connectivity index (χ2n) is 17.6. The number of ether oxygens (including phenoxy) is 11. The van der Waals surface area contributed by atoms with Crippen LogP contribution < -0.4 is 37.1 Å². The van der Waals surface area contributed by atoms with Crippen molar-refractivity contribution in [3.63, 3.8) is 0 Å². The number of nitro benzene ring substituents is 1. The summed E-state index contributed by atoms with van der Waals surface area (Å²) in [6.45, 7) is 12.1. The van der Waals surface area contributed by atoms with E-state index < -0.39 is 77.7 Å². The van der Waals surface area contributed by atoms with Crippen molar-refractivity contribution < 1.29 is 90.6 Å². The maximum Gasteiger partial charge on any atom is 0.514 e. The number of carbonyl (C=O) groups excluding carboxylic acids is 7. The summed E-state index contributed by atoms with van der Waals surface area (Å²) in [4.78, 5) is 100. The second-order valence-corrected chi connectivity index (χ2v) is 17.6. The van der Waals surface area contributed by atoms with Crippen LogP contribution >= 0.6 is 0 Å². The molecule has 0 aliphatic rings. The van der Waals surface area contributed by atoms with Gasteiger partial charge in [0.15, 0.2) is 0 Å². The zero-order chi connectivity index (χ0) is 58.6. The fourth-order valence-electron chi connectivity index (χ4n) is 6.51. The van der Waals surface area contributed by atoms with E-state index in [1.54, 1.807) is 38.1 Å². The lowest BCUT2D eigenvalue weighted by atomic mass is 10.0. The Bertz CT molecular complexity index is 2090. The second kappa shape index (κ2) is 44.2. The molecular weight excluding hydrogens is 1060 g/mol. The molecule has 2 aromatic rings. The third-order valence-corrected chi connectivity index (χ3v) is 10.7. The molecule has 0 fully saturated rings. The summed E-state index contributed by atoms with van der Waals surface area (Å²) in [7, 11) is 1.36. The number of urea groups is 1. The minimum atomic E-state index is -1.19. The molecule has 0 aliphatic carbocycles. The molecule has 450 valence electrons. The SMILES string of the molecule is CCCOCCOCCOCCOCCOCCOCCOCCOCCOCCC(=O)N[C@H](C(=O)N[C@@H](CCCNC(N)=O)C(=O)NCC(=O)N(C)CC(=O)Nc1ccc(COC(=O)Oc2ccc([N+](=O)[O-])cc2)cc1)C(C)C. The van der Waals surface area contributed by atoms with Crippen molar-refractivity contribution in [2.75, 3.05) is 151 Å². The van der Waals surface area contributed by atoms with Crippen LogP contribution in [-0.2, 0) is 77.9 Å². The number of carbonyl (C=O) groups is 7. The van der Waals surface area contributed by atoms with Crippen molar-refractivity contribution in [2.24, 2.45) is 11.7 Å². The minimum Gasteiger partial charge on any atom is -0.429 e. The number of nitro groups is 1. The Morgan fingerprint density at radius 1 is 0.625 bits per heavy atom. The van der Waals surface area contributed by atoms with Crippen molar-refractivity contribution in [1.82, 2.24) is 26.2 Å². The molecule has 0 aliphatic heterocycles. The number of hydrogen-bond acceptors (Lipinski definition) is 20. The maximum absolute atomic E-state index is 13.5. The molecule has 2 aromatic carbocycles. The Kier molecular flexibility index (Phi) is 38.3. The third-order valence-electron chi connectivity index (χ3n) is 10.7. The lowest BCUT2D eigenvalue weighted by Gasteiger charge is -2.25. The van der Waals surface area contributed by atoms with Gasteiger partial charge in [-0.1, -0.05) is 32.9 Å². The average molecular weight is 1140 g/mol. The minimum absolute atomic E-state index is 0.0243. The zero-order valence-corrected chi connectivity index (χ0v) is 46.4. The Hall–Kier alpha value is -6.63. The van der Waals surface area contributed by atoms with Gasteiger partial charge in [0.2, 0.25) is 29.5 Å². The molecule has 0 spiro atoms. The number of primary amides is 1. The highest BCUT2D eigenvalue weighted by Crippen LogP contribution is 2.18. The number of nitrogens with two attached hydrogens (primary N) is 1. The standard InChI is InChI=1S/C52H82N8O20/c1-5-18-70-20-22-72-24-26-74-28-30-76-32-34-78-35-33-77-31-29-75-27-25-73-23-21-71-19-16-45(61)58-48(39(2)3)50(65)57-44(7-6-17-54-51(53)66)49(64)55-36-47(63)59(4)37-46(62)56-41-10-8-40(9-11-41)38-79-52(67)80-43-14-12-42(13-15-43)60(68)69/h8-15,39,44,48H,5-7,16-38H2,1-4H3,(H,55,64)(H,56,62)(H,57,65)(H,58,61)(H3,53,54,66)/t44-,48-/m0/s1. The van der Waals surface area contributed by atoms with Gasteiger partial charge < -0.3 is 89.3 Å². The van der Waals surface area contributed by atoms with Crippen LogP contribution in [0, 0.1) is 16.0 Å². The summed E-state index contributed by atoms with van der Waals surface area (Å²) in [6.07, 6.45) is 0.133. The van der Waals surface area contributed by atoms with E-state index in [1.165, 1.54) is 31.3 Å². The first kappa shape index (κ1) is 69.5. The molecule has 2 rings (SSSR count). The fraction of sp³-hybridized carbons (Fsp3) is 0.635. The molecule has 0 saturated heterocycles. The molecule has 2 atom stereocenters. The predicted octanol–water partition coefficient (Wildman–Crippen LogP) is 1.85. The molecule has 0 aromatic heterocycles. The highest BCUT2D eigenvalue weighted by molar-refractivity contribution is 5.96. The van der Waals surface area contributed by atoms with E-state index in [-0.39, 0.29) is 63.7 Å². The van der Waals surface area contributed by atoms with Crippen LogP contribution in [0.1, 0.15) is 52.0 Å². The summed E-state index contributed by atoms with van der Waals surface area (Å²) in [5.74, 6) is -3.40. The normalized spacial score (nSPS) is 11.8. The number of amides is 7. The van der Waals surface area contributed by atoms with Crippen LogP contribution in [0.2, 0.25) is 0 Å². The fourth-order valence-corrected chi connectivity index (χ4v) is 6.51. The predicted molar refractivity (Wildman–Crippen MR) is 287 cm³/mol. The van der Waals surface area contributed by atoms with Crippen LogP contribution in [0.5, 0.6) is 5.75 Å². The molecule has 0 bridgehead atoms. The number of anilines is 1. The van der Waals surface area contributed by atoms with E-state index in [0.29, 0.717) is 104 Å². The zero-order valence-electron chi connectivity index (χ0n) is 46.4. The van der Waals surface area contributed by atoms with Crippen LogP contribution in [-0.4, -0.2) is 209 Å². The van der Waals surface area contributed by atoms with E-state index >= 15 is 0 Å². The van der Waals surface area contributed by atoms with Crippen LogP contribution in [0.3, 0.4) is 0 Å². The van der Waals surface area contributed by atoms with Gasteiger partial charge in [0.05, 0.1) is 130 Å². The highest BCUT2D eigenvalue weighted by atomic mass is 16.7. The molecule has 28 nitrogen and oxygen atoms in total. The quantitative estimate of drug-likeness (QED) is 0.0181. The van der Waals surface area contributed by atoms with Gasteiger partial charge >= 0.3 is 12.2 Å². The first-order chi connectivity index (χ1) is 38.6. The largest absolute Gasteiger partial charge is 0.514 e. The summed E-state index contributed by atoms with van der Waals surface area (Å²) >= 11 is 0. The molecule has 7 amide bonds. The lowest BCUT2D eigenvalue weighted by Crippen LogP contribution is -2.56. The van der Waals surface area contributed by atoms with Crippen LogP contribution in [0.4, 0.5) is 21.0 Å². The van der Waals surface area contributed by atoms with Crippen LogP contribution in [0.15, 0.2) is 48.5 Å². The Balaban J connectivity index is 1.61. The molecule has 80 heavy (non-hydrogen) atoms. The van der Waals surface area contributed by atoms with E-state index in [4.69, 9.17) is 57.8 Å². The van der Waals surface area contributed by atoms with Gasteiger partial charge in [-0.25, -0.2) is 9.59 Å². The van der Waals surface area contributed by atoms with Crippen molar-refractivity contribution in [1.29, 1.82) is 0 Å². The summed E-state index contributed by atoms with van der Waals surface area (Å²) < 4.78 is 59.3. The molecule has 0 radical (unpaired) electrons. The van der Waals surface area contributed by atoms with Crippen molar-refractivity contribution in [2.45, 2.75) is 65.1 Å². The molecule has 0 heterocycles. The Labute approximate surface area is 466 Å². The maximum atomic E-state index is 13.5. The molecule has 0 unspecified atom stereocenters. The molecule has 7 N–H and O–H groups in total. The van der Waals surface area contributed by atoms with Crippen molar-refractivity contribution >= 4 is 53.1 Å².